The fourth-order valence-corrected chi connectivity index (χ4v) is 2.55. The number of nitrogens with zero attached hydrogens (tertiary/aromatic N) is 1. The van der Waals surface area contributed by atoms with Gasteiger partial charge in [-0.25, -0.2) is 9.59 Å². The van der Waals surface area contributed by atoms with Crippen molar-refractivity contribution in [2.45, 2.75) is 31.8 Å². The predicted octanol–water partition coefficient (Wildman–Crippen LogP) is 1.34. The molecule has 2 saturated heterocycles. The van der Waals surface area contributed by atoms with E-state index in [1.165, 1.54) is 4.90 Å². The summed E-state index contributed by atoms with van der Waals surface area (Å²) in [5, 5.41) is 0. The van der Waals surface area contributed by atoms with E-state index in [1.54, 1.807) is 6.92 Å². The lowest BCUT2D eigenvalue weighted by Crippen LogP contribution is -2.45. The Morgan fingerprint density at radius 1 is 1.29 bits per heavy atom. The number of benzene rings is 1. The Labute approximate surface area is 122 Å². The van der Waals surface area contributed by atoms with Crippen molar-refractivity contribution in [1.82, 2.24) is 4.90 Å². The van der Waals surface area contributed by atoms with E-state index in [9.17, 15) is 9.59 Å². The fraction of sp³-hybridized carbons (Fsp3) is 0.467. The Morgan fingerprint density at radius 2 is 2.05 bits per heavy atom. The van der Waals surface area contributed by atoms with Gasteiger partial charge in [-0.1, -0.05) is 30.3 Å². The number of morpholine rings is 1. The Morgan fingerprint density at radius 3 is 2.76 bits per heavy atom. The SMILES string of the molecule is CCOC(=O)[C@@H]1[C@H]2O[C@H]2CN1C(=O)OCc1ccccc1. The van der Waals surface area contributed by atoms with Crippen LogP contribution >= 0.6 is 0 Å². The lowest BCUT2D eigenvalue weighted by molar-refractivity contribution is -0.149. The number of epoxide rings is 1. The molecule has 0 bridgehead atoms. The molecular formula is C15H17NO5. The minimum atomic E-state index is -0.682. The van der Waals surface area contributed by atoms with Gasteiger partial charge in [0, 0.05) is 0 Å². The molecule has 0 N–H and O–H groups in total. The number of rotatable bonds is 4. The van der Waals surface area contributed by atoms with Crippen molar-refractivity contribution in [2.24, 2.45) is 0 Å². The lowest BCUT2D eigenvalue weighted by Gasteiger charge is -2.24. The number of hydrogen-bond donors (Lipinski definition) is 0. The number of amides is 1. The Balaban J connectivity index is 1.60. The summed E-state index contributed by atoms with van der Waals surface area (Å²) in [5.41, 5.74) is 0.902. The second kappa shape index (κ2) is 5.73. The molecule has 0 radical (unpaired) electrons. The molecular weight excluding hydrogens is 274 g/mol. The second-order valence-electron chi connectivity index (χ2n) is 5.03. The number of likely N-dealkylation sites (tertiary alicyclic amines) is 1. The van der Waals surface area contributed by atoms with Crippen LogP contribution in [0.3, 0.4) is 0 Å². The summed E-state index contributed by atoms with van der Waals surface area (Å²) in [5.74, 6) is -0.431. The lowest BCUT2D eigenvalue weighted by atomic mass is 10.2. The van der Waals surface area contributed by atoms with E-state index in [0.717, 1.165) is 5.56 Å². The number of carbonyl (C=O) groups is 2. The van der Waals surface area contributed by atoms with Crippen molar-refractivity contribution >= 4 is 12.1 Å². The molecule has 3 atom stereocenters. The number of hydrogen-bond acceptors (Lipinski definition) is 5. The molecule has 1 aromatic rings. The van der Waals surface area contributed by atoms with Gasteiger partial charge >= 0.3 is 12.1 Å². The van der Waals surface area contributed by atoms with Crippen molar-refractivity contribution in [2.75, 3.05) is 13.2 Å². The summed E-state index contributed by atoms with van der Waals surface area (Å²) in [6.45, 7) is 2.57. The Bertz CT molecular complexity index is 532. The smallest absolute Gasteiger partial charge is 0.411 e. The summed E-state index contributed by atoms with van der Waals surface area (Å²) in [7, 11) is 0. The molecule has 2 heterocycles. The first-order valence-corrected chi connectivity index (χ1v) is 7.00. The normalized spacial score (nSPS) is 26.1. The molecule has 0 saturated carbocycles. The van der Waals surface area contributed by atoms with Crippen LogP contribution in [-0.2, 0) is 25.6 Å². The molecule has 0 spiro atoms. The predicted molar refractivity (Wildman–Crippen MR) is 72.4 cm³/mol. The first kappa shape index (κ1) is 13.9. The minimum absolute atomic E-state index is 0.0660. The van der Waals surface area contributed by atoms with Gasteiger partial charge in [-0.05, 0) is 12.5 Å². The van der Waals surface area contributed by atoms with Crippen LogP contribution in [0.2, 0.25) is 0 Å². The van der Waals surface area contributed by atoms with E-state index in [2.05, 4.69) is 0 Å². The van der Waals surface area contributed by atoms with Crippen LogP contribution in [0.5, 0.6) is 0 Å². The number of ether oxygens (including phenoxy) is 3. The molecule has 112 valence electrons. The molecule has 1 aromatic carbocycles. The van der Waals surface area contributed by atoms with Gasteiger partial charge in [0.15, 0.2) is 6.04 Å². The van der Waals surface area contributed by atoms with E-state index in [0.29, 0.717) is 6.54 Å². The average molecular weight is 291 g/mol. The number of fused-ring (bicyclic) bond motifs is 1. The van der Waals surface area contributed by atoms with Crippen LogP contribution in [0, 0.1) is 0 Å². The largest absolute Gasteiger partial charge is 0.464 e. The van der Waals surface area contributed by atoms with Gasteiger partial charge in [0.25, 0.3) is 0 Å². The zero-order valence-corrected chi connectivity index (χ0v) is 11.7. The maximum absolute atomic E-state index is 12.1. The highest BCUT2D eigenvalue weighted by Gasteiger charge is 2.60. The van der Waals surface area contributed by atoms with E-state index in [-0.39, 0.29) is 25.4 Å². The summed E-state index contributed by atoms with van der Waals surface area (Å²) < 4.78 is 15.6. The third-order valence-electron chi connectivity index (χ3n) is 3.61. The molecule has 0 unspecified atom stereocenters. The van der Waals surface area contributed by atoms with Crippen LogP contribution < -0.4 is 0 Å². The van der Waals surface area contributed by atoms with Gasteiger partial charge in [-0.2, -0.15) is 0 Å². The molecule has 2 aliphatic heterocycles. The summed E-state index contributed by atoms with van der Waals surface area (Å²) in [6.07, 6.45) is -0.815. The number of carbonyl (C=O) groups excluding carboxylic acids is 2. The van der Waals surface area contributed by atoms with Crippen LogP contribution in [0.25, 0.3) is 0 Å². The van der Waals surface area contributed by atoms with Crippen LogP contribution in [0.4, 0.5) is 4.79 Å². The molecule has 2 fully saturated rings. The summed E-state index contributed by atoms with van der Waals surface area (Å²) in [4.78, 5) is 25.5. The van der Waals surface area contributed by atoms with Gasteiger partial charge in [-0.3, -0.25) is 4.90 Å². The van der Waals surface area contributed by atoms with Crippen molar-refractivity contribution in [3.8, 4) is 0 Å². The monoisotopic (exact) mass is 291 g/mol. The van der Waals surface area contributed by atoms with Crippen molar-refractivity contribution in [1.29, 1.82) is 0 Å². The van der Waals surface area contributed by atoms with Gasteiger partial charge in [-0.15, -0.1) is 0 Å². The summed E-state index contributed by atoms with van der Waals surface area (Å²) >= 11 is 0. The highest BCUT2D eigenvalue weighted by molar-refractivity contribution is 5.83. The van der Waals surface area contributed by atoms with Crippen LogP contribution in [0.15, 0.2) is 30.3 Å². The Hall–Kier alpha value is -2.08. The van der Waals surface area contributed by atoms with Crippen LogP contribution in [0.1, 0.15) is 12.5 Å². The van der Waals surface area contributed by atoms with Crippen LogP contribution in [-0.4, -0.2) is 48.4 Å². The zero-order chi connectivity index (χ0) is 14.8. The molecule has 6 nitrogen and oxygen atoms in total. The maximum Gasteiger partial charge on any atom is 0.411 e. The van der Waals surface area contributed by atoms with Crippen molar-refractivity contribution in [3.63, 3.8) is 0 Å². The van der Waals surface area contributed by atoms with E-state index in [1.807, 2.05) is 30.3 Å². The van der Waals surface area contributed by atoms with E-state index < -0.39 is 18.1 Å². The fourth-order valence-electron chi connectivity index (χ4n) is 2.55. The maximum atomic E-state index is 12.1. The first-order valence-electron chi connectivity index (χ1n) is 7.00. The highest BCUT2D eigenvalue weighted by atomic mass is 16.6. The molecule has 6 heteroatoms. The van der Waals surface area contributed by atoms with Gasteiger partial charge < -0.3 is 14.2 Å². The molecule has 2 aliphatic rings. The highest BCUT2D eigenvalue weighted by Crippen LogP contribution is 2.37. The van der Waals surface area contributed by atoms with Gasteiger partial charge in [0.1, 0.15) is 18.8 Å². The molecule has 0 aromatic heterocycles. The topological polar surface area (TPSA) is 68.4 Å². The first-order chi connectivity index (χ1) is 10.2. The molecule has 21 heavy (non-hydrogen) atoms. The van der Waals surface area contributed by atoms with Crippen molar-refractivity contribution < 1.29 is 23.8 Å². The van der Waals surface area contributed by atoms with Crippen molar-refractivity contribution in [3.05, 3.63) is 35.9 Å². The second-order valence-corrected chi connectivity index (χ2v) is 5.03. The third kappa shape index (κ3) is 2.85. The summed E-state index contributed by atoms with van der Waals surface area (Å²) in [6, 6.07) is 8.72. The zero-order valence-electron chi connectivity index (χ0n) is 11.7. The standard InChI is InChI=1S/C15H17NO5/c1-2-19-14(17)12-13-11(21-13)8-16(12)15(18)20-9-10-6-4-3-5-7-10/h3-7,11-13H,2,8-9H2,1H3/t11-,12-,13-/m0/s1. The number of esters is 1. The minimum Gasteiger partial charge on any atom is -0.464 e. The average Bonchev–Trinajstić information content (AvgIpc) is 3.16. The molecule has 1 amide bonds. The van der Waals surface area contributed by atoms with Gasteiger partial charge in [0.2, 0.25) is 0 Å². The Kier molecular flexibility index (Phi) is 3.79. The third-order valence-corrected chi connectivity index (χ3v) is 3.61. The quantitative estimate of drug-likeness (QED) is 0.618. The molecule has 0 aliphatic carbocycles. The van der Waals surface area contributed by atoms with E-state index in [4.69, 9.17) is 14.2 Å². The molecule has 3 rings (SSSR count). The van der Waals surface area contributed by atoms with E-state index >= 15 is 0 Å². The van der Waals surface area contributed by atoms with Gasteiger partial charge in [0.05, 0.1) is 13.2 Å².